The molecule has 0 aliphatic heterocycles. The molecular weight excluding hydrogens is 240 g/mol. The Hall–Kier alpha value is -1.13. The molecule has 0 aromatic carbocycles. The molecule has 1 amide bonds. The molecule has 0 bridgehead atoms. The Bertz CT molecular complexity index is 396. The zero-order valence-electron chi connectivity index (χ0n) is 10.4. The molecule has 0 saturated carbocycles. The van der Waals surface area contributed by atoms with E-state index in [1.807, 2.05) is 6.92 Å². The number of amides is 1. The molecule has 4 nitrogen and oxygen atoms in total. The first kappa shape index (κ1) is 13.9. The minimum atomic E-state index is -0.112. The predicted octanol–water partition coefficient (Wildman–Crippen LogP) is 2.15. The molecular formula is C12H17ClN2O2. The minimum absolute atomic E-state index is 0.112. The van der Waals surface area contributed by atoms with E-state index in [9.17, 15) is 4.79 Å². The number of aromatic nitrogens is 1. The highest BCUT2D eigenvalue weighted by molar-refractivity contribution is 6.33. The summed E-state index contributed by atoms with van der Waals surface area (Å²) in [4.78, 5) is 17.7. The Kier molecular flexibility index (Phi) is 5.38. The van der Waals surface area contributed by atoms with Gasteiger partial charge in [-0.15, -0.1) is 0 Å². The van der Waals surface area contributed by atoms with Crippen LogP contribution >= 0.6 is 11.6 Å². The van der Waals surface area contributed by atoms with Crippen LogP contribution in [0.1, 0.15) is 22.5 Å². The summed E-state index contributed by atoms with van der Waals surface area (Å²) < 4.78 is 4.94. The van der Waals surface area contributed by atoms with E-state index < -0.39 is 0 Å². The van der Waals surface area contributed by atoms with Gasteiger partial charge in [-0.1, -0.05) is 11.6 Å². The molecule has 0 aliphatic carbocycles. The standard InChI is InChI=1S/C12H17ClN2O2/c1-9-7-11(13)10(8-14-9)12(16)15(2)5-4-6-17-3/h7-8H,4-6H2,1-3H3. The van der Waals surface area contributed by atoms with E-state index in [4.69, 9.17) is 16.3 Å². The Labute approximate surface area is 107 Å². The highest BCUT2D eigenvalue weighted by atomic mass is 35.5. The number of carbonyl (C=O) groups is 1. The van der Waals surface area contributed by atoms with Crippen LogP contribution < -0.4 is 0 Å². The maximum absolute atomic E-state index is 12.0. The first-order valence-corrected chi connectivity index (χ1v) is 5.80. The van der Waals surface area contributed by atoms with E-state index in [1.54, 1.807) is 25.1 Å². The number of hydrogen-bond acceptors (Lipinski definition) is 3. The molecule has 0 unspecified atom stereocenters. The van der Waals surface area contributed by atoms with Crippen molar-refractivity contribution in [3.63, 3.8) is 0 Å². The first-order valence-electron chi connectivity index (χ1n) is 5.42. The summed E-state index contributed by atoms with van der Waals surface area (Å²) in [5, 5.41) is 0.445. The van der Waals surface area contributed by atoms with Crippen LogP contribution in [0, 0.1) is 6.92 Å². The van der Waals surface area contributed by atoms with Crippen molar-refractivity contribution in [1.29, 1.82) is 0 Å². The summed E-state index contributed by atoms with van der Waals surface area (Å²) in [7, 11) is 3.39. The van der Waals surface area contributed by atoms with Gasteiger partial charge in [-0.25, -0.2) is 0 Å². The molecule has 1 rings (SSSR count). The van der Waals surface area contributed by atoms with Crippen LogP contribution in [0.2, 0.25) is 5.02 Å². The van der Waals surface area contributed by atoms with Crippen molar-refractivity contribution in [3.05, 3.63) is 28.5 Å². The van der Waals surface area contributed by atoms with Crippen molar-refractivity contribution in [2.75, 3.05) is 27.3 Å². The molecule has 1 aromatic heterocycles. The number of aryl methyl sites for hydroxylation is 1. The van der Waals surface area contributed by atoms with Gasteiger partial charge in [0.2, 0.25) is 0 Å². The van der Waals surface area contributed by atoms with Gasteiger partial charge in [0.25, 0.3) is 5.91 Å². The van der Waals surface area contributed by atoms with Gasteiger partial charge in [0, 0.05) is 39.2 Å². The second-order valence-corrected chi connectivity index (χ2v) is 4.29. The van der Waals surface area contributed by atoms with Crippen LogP contribution in [0.15, 0.2) is 12.3 Å². The number of halogens is 1. The molecule has 0 spiro atoms. The van der Waals surface area contributed by atoms with Gasteiger partial charge in [-0.2, -0.15) is 0 Å². The molecule has 0 aliphatic rings. The lowest BCUT2D eigenvalue weighted by Crippen LogP contribution is -2.28. The highest BCUT2D eigenvalue weighted by Gasteiger charge is 2.15. The van der Waals surface area contributed by atoms with Crippen molar-refractivity contribution in [1.82, 2.24) is 9.88 Å². The maximum atomic E-state index is 12.0. The molecule has 94 valence electrons. The van der Waals surface area contributed by atoms with Gasteiger partial charge in [-0.05, 0) is 19.4 Å². The van der Waals surface area contributed by atoms with Gasteiger partial charge >= 0.3 is 0 Å². The molecule has 0 atom stereocenters. The lowest BCUT2D eigenvalue weighted by Gasteiger charge is -2.17. The van der Waals surface area contributed by atoms with Crippen LogP contribution in [0.25, 0.3) is 0 Å². The van der Waals surface area contributed by atoms with Crippen LogP contribution in [-0.2, 0) is 4.74 Å². The van der Waals surface area contributed by atoms with Crippen LogP contribution in [0.5, 0.6) is 0 Å². The largest absolute Gasteiger partial charge is 0.385 e. The third kappa shape index (κ3) is 3.98. The quantitative estimate of drug-likeness (QED) is 0.758. The van der Waals surface area contributed by atoms with E-state index >= 15 is 0 Å². The Balaban J connectivity index is 2.68. The molecule has 0 radical (unpaired) electrons. The normalized spacial score (nSPS) is 10.4. The molecule has 17 heavy (non-hydrogen) atoms. The lowest BCUT2D eigenvalue weighted by molar-refractivity contribution is 0.0779. The summed E-state index contributed by atoms with van der Waals surface area (Å²) in [6.07, 6.45) is 2.32. The van der Waals surface area contributed by atoms with Crippen molar-refractivity contribution in [2.24, 2.45) is 0 Å². The van der Waals surface area contributed by atoms with Crippen molar-refractivity contribution < 1.29 is 9.53 Å². The zero-order valence-corrected chi connectivity index (χ0v) is 11.1. The topological polar surface area (TPSA) is 42.4 Å². The second kappa shape index (κ2) is 6.57. The monoisotopic (exact) mass is 256 g/mol. The molecule has 0 N–H and O–H groups in total. The van der Waals surface area contributed by atoms with Gasteiger partial charge in [0.15, 0.2) is 0 Å². The van der Waals surface area contributed by atoms with Gasteiger partial charge in [0.1, 0.15) is 0 Å². The zero-order chi connectivity index (χ0) is 12.8. The van der Waals surface area contributed by atoms with E-state index in [-0.39, 0.29) is 5.91 Å². The fraction of sp³-hybridized carbons (Fsp3) is 0.500. The Morgan fingerprint density at radius 3 is 2.88 bits per heavy atom. The highest BCUT2D eigenvalue weighted by Crippen LogP contribution is 2.17. The third-order valence-electron chi connectivity index (χ3n) is 2.41. The Morgan fingerprint density at radius 2 is 2.29 bits per heavy atom. The summed E-state index contributed by atoms with van der Waals surface area (Å²) in [6.45, 7) is 3.11. The number of methoxy groups -OCH3 is 1. The molecule has 5 heteroatoms. The maximum Gasteiger partial charge on any atom is 0.256 e. The van der Waals surface area contributed by atoms with E-state index in [1.165, 1.54) is 6.20 Å². The smallest absolute Gasteiger partial charge is 0.256 e. The number of nitrogens with zero attached hydrogens (tertiary/aromatic N) is 2. The average molecular weight is 257 g/mol. The van der Waals surface area contributed by atoms with Crippen molar-refractivity contribution >= 4 is 17.5 Å². The second-order valence-electron chi connectivity index (χ2n) is 3.88. The minimum Gasteiger partial charge on any atom is -0.385 e. The summed E-state index contributed by atoms with van der Waals surface area (Å²) in [5.41, 5.74) is 1.24. The predicted molar refractivity (Wildman–Crippen MR) is 67.4 cm³/mol. The Morgan fingerprint density at radius 1 is 1.59 bits per heavy atom. The van der Waals surface area contributed by atoms with E-state index in [0.29, 0.717) is 23.7 Å². The van der Waals surface area contributed by atoms with Crippen LogP contribution in [0.4, 0.5) is 0 Å². The van der Waals surface area contributed by atoms with Crippen LogP contribution in [0.3, 0.4) is 0 Å². The van der Waals surface area contributed by atoms with E-state index in [2.05, 4.69) is 4.98 Å². The van der Waals surface area contributed by atoms with Gasteiger partial charge in [0.05, 0.1) is 10.6 Å². The van der Waals surface area contributed by atoms with Crippen LogP contribution in [-0.4, -0.2) is 43.1 Å². The molecule has 1 heterocycles. The fourth-order valence-corrected chi connectivity index (χ4v) is 1.72. The SMILES string of the molecule is COCCCN(C)C(=O)c1cnc(C)cc1Cl. The van der Waals surface area contributed by atoms with Crippen molar-refractivity contribution in [3.8, 4) is 0 Å². The number of pyridine rings is 1. The van der Waals surface area contributed by atoms with Gasteiger partial charge < -0.3 is 9.64 Å². The molecule has 1 aromatic rings. The first-order chi connectivity index (χ1) is 8.06. The summed E-state index contributed by atoms with van der Waals surface area (Å²) in [5.74, 6) is -0.112. The number of rotatable bonds is 5. The number of ether oxygens (including phenoxy) is 1. The molecule has 0 saturated heterocycles. The van der Waals surface area contributed by atoms with E-state index in [0.717, 1.165) is 12.1 Å². The average Bonchev–Trinajstić information content (AvgIpc) is 2.28. The lowest BCUT2D eigenvalue weighted by atomic mass is 10.2. The fourth-order valence-electron chi connectivity index (χ4n) is 1.44. The third-order valence-corrected chi connectivity index (χ3v) is 2.72. The number of hydrogen-bond donors (Lipinski definition) is 0. The number of carbonyl (C=O) groups excluding carboxylic acids is 1. The summed E-state index contributed by atoms with van der Waals surface area (Å²) >= 11 is 6.02. The summed E-state index contributed by atoms with van der Waals surface area (Å²) in [6, 6.07) is 1.69. The van der Waals surface area contributed by atoms with Crippen molar-refractivity contribution in [2.45, 2.75) is 13.3 Å². The van der Waals surface area contributed by atoms with Gasteiger partial charge in [-0.3, -0.25) is 9.78 Å². The molecule has 0 fully saturated rings.